The number of ether oxygens (including phenoxy) is 2. The summed E-state index contributed by atoms with van der Waals surface area (Å²) in [7, 11) is 0. The molecule has 0 fully saturated rings. The molecule has 0 spiro atoms. The minimum absolute atomic E-state index is 0.134. The third kappa shape index (κ3) is 4.56. The van der Waals surface area contributed by atoms with E-state index in [4.69, 9.17) is 15.2 Å². The minimum Gasteiger partial charge on any atom is -0.489 e. The number of thiophene rings is 1. The van der Waals surface area contributed by atoms with Crippen LogP contribution in [0.5, 0.6) is 5.75 Å². The summed E-state index contributed by atoms with van der Waals surface area (Å²) in [4.78, 5) is 16.2. The highest BCUT2D eigenvalue weighted by atomic mass is 32.1. The molecule has 0 aliphatic rings. The molecule has 0 saturated carbocycles. The second-order valence-electron chi connectivity index (χ2n) is 5.86. The lowest BCUT2D eigenvalue weighted by Crippen LogP contribution is -2.24. The number of rotatable bonds is 4. The topological polar surface area (TPSA) is 73.9 Å². The number of amidine groups is 1. The summed E-state index contributed by atoms with van der Waals surface area (Å²) in [5.74, 6) is 0.880. The smallest absolute Gasteiger partial charge is 0.436 e. The molecule has 1 amide bonds. The van der Waals surface area contributed by atoms with Crippen LogP contribution in [0.4, 0.5) is 4.79 Å². The summed E-state index contributed by atoms with van der Waals surface area (Å²) in [6, 6.07) is 7.61. The van der Waals surface area contributed by atoms with Crippen molar-refractivity contribution in [2.24, 2.45) is 10.7 Å². The Hall–Kier alpha value is -2.34. The van der Waals surface area contributed by atoms with Crippen LogP contribution in [-0.2, 0) is 4.74 Å². The van der Waals surface area contributed by atoms with Crippen LogP contribution < -0.4 is 10.5 Å². The van der Waals surface area contributed by atoms with E-state index in [1.165, 1.54) is 11.3 Å². The second kappa shape index (κ2) is 6.83. The van der Waals surface area contributed by atoms with Crippen molar-refractivity contribution in [1.29, 1.82) is 0 Å². The van der Waals surface area contributed by atoms with Gasteiger partial charge in [-0.05, 0) is 39.0 Å². The fraction of sp³-hybridized carbons (Fsp3) is 0.294. The van der Waals surface area contributed by atoms with Crippen molar-refractivity contribution in [1.82, 2.24) is 0 Å². The van der Waals surface area contributed by atoms with Gasteiger partial charge in [-0.1, -0.05) is 18.7 Å². The average molecular weight is 332 g/mol. The number of nitrogens with zero attached hydrogens (tertiary/aromatic N) is 1. The van der Waals surface area contributed by atoms with Gasteiger partial charge in [0.2, 0.25) is 0 Å². The Bertz CT molecular complexity index is 757. The number of hydrogen-bond acceptors (Lipinski definition) is 4. The van der Waals surface area contributed by atoms with E-state index in [1.54, 1.807) is 26.8 Å². The molecular weight excluding hydrogens is 312 g/mol. The monoisotopic (exact) mass is 332 g/mol. The van der Waals surface area contributed by atoms with Crippen LogP contribution in [0.1, 0.15) is 25.6 Å². The Morgan fingerprint density at radius 3 is 2.83 bits per heavy atom. The van der Waals surface area contributed by atoms with E-state index in [-0.39, 0.29) is 5.84 Å². The van der Waals surface area contributed by atoms with E-state index in [2.05, 4.69) is 11.6 Å². The van der Waals surface area contributed by atoms with Crippen LogP contribution in [-0.4, -0.2) is 24.1 Å². The zero-order chi connectivity index (χ0) is 17.0. The van der Waals surface area contributed by atoms with Crippen LogP contribution in [0.3, 0.4) is 0 Å². The molecule has 0 aliphatic carbocycles. The Morgan fingerprint density at radius 2 is 2.17 bits per heavy atom. The fourth-order valence-electron chi connectivity index (χ4n) is 1.87. The van der Waals surface area contributed by atoms with Gasteiger partial charge in [-0.2, -0.15) is 4.99 Å². The summed E-state index contributed by atoms with van der Waals surface area (Å²) >= 11 is 1.44. The van der Waals surface area contributed by atoms with Crippen molar-refractivity contribution < 1.29 is 14.3 Å². The van der Waals surface area contributed by atoms with Crippen LogP contribution in [0.25, 0.3) is 10.1 Å². The molecule has 0 atom stereocenters. The van der Waals surface area contributed by atoms with Gasteiger partial charge in [-0.3, -0.25) is 0 Å². The van der Waals surface area contributed by atoms with Crippen LogP contribution in [0.2, 0.25) is 0 Å². The summed E-state index contributed by atoms with van der Waals surface area (Å²) in [6.07, 6.45) is 0.986. The third-order valence-corrected chi connectivity index (χ3v) is 3.86. The Balaban J connectivity index is 2.29. The largest absolute Gasteiger partial charge is 0.489 e. The SMILES string of the molecule is C=CCOc1cccc2sc(/C(N)=N/C(=O)OC(C)(C)C)cc12. The molecule has 1 heterocycles. The predicted molar refractivity (Wildman–Crippen MR) is 94.5 cm³/mol. The quantitative estimate of drug-likeness (QED) is 0.519. The highest BCUT2D eigenvalue weighted by Gasteiger charge is 2.17. The predicted octanol–water partition coefficient (Wildman–Crippen LogP) is 4.11. The Labute approximate surface area is 139 Å². The highest BCUT2D eigenvalue weighted by Crippen LogP contribution is 2.32. The minimum atomic E-state index is -0.699. The highest BCUT2D eigenvalue weighted by molar-refractivity contribution is 7.21. The molecule has 0 radical (unpaired) electrons. The summed E-state index contributed by atoms with van der Waals surface area (Å²) < 4.78 is 11.8. The molecule has 23 heavy (non-hydrogen) atoms. The molecule has 2 rings (SSSR count). The first-order valence-corrected chi connectivity index (χ1v) is 7.95. The number of amides is 1. The fourth-order valence-corrected chi connectivity index (χ4v) is 2.85. The normalized spacial score (nSPS) is 12.2. The van der Waals surface area contributed by atoms with Gasteiger partial charge in [0, 0.05) is 10.1 Å². The molecule has 0 aliphatic heterocycles. The molecule has 1 aromatic carbocycles. The van der Waals surface area contributed by atoms with Crippen LogP contribution in [0.15, 0.2) is 41.9 Å². The van der Waals surface area contributed by atoms with Crippen molar-refractivity contribution >= 4 is 33.4 Å². The summed E-state index contributed by atoms with van der Waals surface area (Å²) in [5.41, 5.74) is 5.33. The molecule has 0 saturated heterocycles. The Kier molecular flexibility index (Phi) is 5.05. The first-order valence-electron chi connectivity index (χ1n) is 7.14. The van der Waals surface area contributed by atoms with E-state index in [1.807, 2.05) is 24.3 Å². The lowest BCUT2D eigenvalue weighted by molar-refractivity contribution is 0.0604. The maximum Gasteiger partial charge on any atom is 0.436 e. The van der Waals surface area contributed by atoms with Gasteiger partial charge in [-0.25, -0.2) is 4.79 Å². The van der Waals surface area contributed by atoms with Crippen LogP contribution in [0, 0.1) is 0 Å². The van der Waals surface area contributed by atoms with Gasteiger partial charge in [-0.15, -0.1) is 11.3 Å². The first kappa shape index (κ1) is 17.0. The van der Waals surface area contributed by atoms with E-state index in [0.29, 0.717) is 11.5 Å². The summed E-state index contributed by atoms with van der Waals surface area (Å²) in [6.45, 7) is 9.39. The number of carbonyl (C=O) groups excluding carboxylic acids is 1. The number of hydrogen-bond donors (Lipinski definition) is 1. The van der Waals surface area contributed by atoms with E-state index in [9.17, 15) is 4.79 Å². The average Bonchev–Trinajstić information content (AvgIpc) is 2.87. The van der Waals surface area contributed by atoms with E-state index < -0.39 is 11.7 Å². The number of carbonyl (C=O) groups is 1. The molecule has 6 heteroatoms. The zero-order valence-electron chi connectivity index (χ0n) is 13.5. The Morgan fingerprint density at radius 1 is 1.43 bits per heavy atom. The van der Waals surface area contributed by atoms with Crippen molar-refractivity contribution in [2.45, 2.75) is 26.4 Å². The standard InChI is InChI=1S/C17H20N2O3S/c1-5-9-21-12-7-6-8-13-11(12)10-14(23-13)15(18)19-16(20)22-17(2,3)4/h5-8,10H,1,9H2,2-4H3,(H2,18,19,20). The van der Waals surface area contributed by atoms with Crippen molar-refractivity contribution in [3.63, 3.8) is 0 Å². The van der Waals surface area contributed by atoms with Crippen LogP contribution >= 0.6 is 11.3 Å². The van der Waals surface area contributed by atoms with Crippen molar-refractivity contribution in [3.05, 3.63) is 41.8 Å². The lowest BCUT2D eigenvalue weighted by Gasteiger charge is -2.17. The van der Waals surface area contributed by atoms with E-state index >= 15 is 0 Å². The van der Waals surface area contributed by atoms with Gasteiger partial charge in [0.25, 0.3) is 0 Å². The second-order valence-corrected chi connectivity index (χ2v) is 6.94. The van der Waals surface area contributed by atoms with Gasteiger partial charge < -0.3 is 15.2 Å². The van der Waals surface area contributed by atoms with Gasteiger partial charge in [0.15, 0.2) is 0 Å². The molecular formula is C17H20N2O3S. The maximum absolute atomic E-state index is 11.7. The maximum atomic E-state index is 11.7. The zero-order valence-corrected chi connectivity index (χ0v) is 14.3. The molecule has 0 unspecified atom stereocenters. The number of benzene rings is 1. The number of fused-ring (bicyclic) bond motifs is 1. The summed E-state index contributed by atoms with van der Waals surface area (Å²) in [5, 5.41) is 0.927. The van der Waals surface area contributed by atoms with Gasteiger partial charge >= 0.3 is 6.09 Å². The van der Waals surface area contributed by atoms with E-state index in [0.717, 1.165) is 15.8 Å². The lowest BCUT2D eigenvalue weighted by atomic mass is 10.2. The number of nitrogens with two attached hydrogens (primary N) is 1. The third-order valence-electron chi connectivity index (χ3n) is 2.74. The molecule has 5 nitrogen and oxygen atoms in total. The molecule has 122 valence electrons. The van der Waals surface area contributed by atoms with Gasteiger partial charge in [0.1, 0.15) is 23.8 Å². The molecule has 2 N–H and O–H groups in total. The molecule has 0 bridgehead atoms. The molecule has 1 aromatic heterocycles. The van der Waals surface area contributed by atoms with Gasteiger partial charge in [0.05, 0.1) is 4.88 Å². The molecule has 2 aromatic rings. The van der Waals surface area contributed by atoms with Crippen molar-refractivity contribution in [2.75, 3.05) is 6.61 Å². The first-order chi connectivity index (χ1) is 10.8. The number of aliphatic imine (C=N–C) groups is 1. The van der Waals surface area contributed by atoms with Crippen molar-refractivity contribution in [3.8, 4) is 5.75 Å².